The number of fused-ring (bicyclic) bond motifs is 1. The number of benzene rings is 2. The molecule has 0 radical (unpaired) electrons. The van der Waals surface area contributed by atoms with E-state index in [1.165, 1.54) is 22.8 Å². The number of hydrogen-bond donors (Lipinski definition) is 1. The number of anilines is 1. The number of oxazole rings is 1. The van der Waals surface area contributed by atoms with E-state index in [4.69, 9.17) is 4.42 Å². The van der Waals surface area contributed by atoms with Gasteiger partial charge in [0.2, 0.25) is 5.95 Å². The fraction of sp³-hybridized carbons (Fsp3) is 0.286. The Balaban J connectivity index is 1.75. The summed E-state index contributed by atoms with van der Waals surface area (Å²) in [6.45, 7) is 9.85. The molecule has 0 aliphatic heterocycles. The Kier molecular flexibility index (Phi) is 6.98. The first-order valence-electron chi connectivity index (χ1n) is 11.7. The van der Waals surface area contributed by atoms with Gasteiger partial charge in [-0.05, 0) is 54.7 Å². The highest BCUT2D eigenvalue weighted by atomic mass is 32.2. The zero-order chi connectivity index (χ0) is 27.0. The molecule has 7 nitrogen and oxygen atoms in total. The van der Waals surface area contributed by atoms with Gasteiger partial charge in [0.15, 0.2) is 5.58 Å². The molecule has 0 bridgehead atoms. The van der Waals surface area contributed by atoms with E-state index in [-0.39, 0.29) is 21.7 Å². The van der Waals surface area contributed by atoms with Crippen molar-refractivity contribution in [2.24, 2.45) is 5.41 Å². The van der Waals surface area contributed by atoms with Crippen molar-refractivity contribution in [2.45, 2.75) is 52.0 Å². The van der Waals surface area contributed by atoms with E-state index in [0.29, 0.717) is 11.1 Å². The van der Waals surface area contributed by atoms with Gasteiger partial charge in [-0.2, -0.15) is 4.39 Å². The second kappa shape index (κ2) is 9.87. The van der Waals surface area contributed by atoms with Crippen LogP contribution in [-0.4, -0.2) is 18.0 Å². The van der Waals surface area contributed by atoms with Crippen LogP contribution in [0.25, 0.3) is 11.1 Å². The summed E-state index contributed by atoms with van der Waals surface area (Å²) in [5.74, 6) is 4.87. The summed E-state index contributed by atoms with van der Waals surface area (Å²) >= 11 is 0. The van der Waals surface area contributed by atoms with E-state index in [0.717, 1.165) is 23.6 Å². The summed E-state index contributed by atoms with van der Waals surface area (Å²) in [5, 5.41) is 0. The summed E-state index contributed by atoms with van der Waals surface area (Å²) in [4.78, 5) is 16.4. The number of nitrogens with zero attached hydrogens (tertiary/aromatic N) is 2. The average molecular weight is 522 g/mol. The second-order valence-electron chi connectivity index (χ2n) is 10.1. The van der Waals surface area contributed by atoms with Crippen LogP contribution in [0.15, 0.2) is 68.7 Å². The molecule has 4 rings (SSSR count). The highest BCUT2D eigenvalue weighted by Gasteiger charge is 2.24. The minimum Gasteiger partial charge on any atom is -0.408 e. The van der Waals surface area contributed by atoms with Crippen LogP contribution in [0, 0.1) is 30.1 Å². The molecule has 0 fully saturated rings. The number of halogens is 1. The first-order chi connectivity index (χ1) is 17.4. The van der Waals surface area contributed by atoms with Crippen LogP contribution in [0.3, 0.4) is 0 Å². The molecule has 0 aliphatic rings. The second-order valence-corrected chi connectivity index (χ2v) is 11.7. The smallest absolute Gasteiger partial charge is 0.408 e. The predicted octanol–water partition coefficient (Wildman–Crippen LogP) is 5.63. The van der Waals surface area contributed by atoms with Crippen molar-refractivity contribution >= 4 is 26.9 Å². The van der Waals surface area contributed by atoms with E-state index < -0.39 is 27.8 Å². The third kappa shape index (κ3) is 5.75. The molecule has 0 saturated heterocycles. The summed E-state index contributed by atoms with van der Waals surface area (Å²) in [6, 6.07) is 13.9. The predicted molar refractivity (Wildman–Crippen MR) is 141 cm³/mol. The van der Waals surface area contributed by atoms with Gasteiger partial charge in [-0.3, -0.25) is 9.29 Å². The molecular formula is C28H28FN3O4S. The lowest BCUT2D eigenvalue weighted by Crippen LogP contribution is -2.20. The average Bonchev–Trinajstić information content (AvgIpc) is 3.12. The Hall–Kier alpha value is -3.90. The monoisotopic (exact) mass is 521 g/mol. The Bertz CT molecular complexity index is 1700. The lowest BCUT2D eigenvalue weighted by Gasteiger charge is -2.16. The van der Waals surface area contributed by atoms with Gasteiger partial charge in [-0.15, -0.1) is 0 Å². The molecule has 1 unspecified atom stereocenters. The van der Waals surface area contributed by atoms with E-state index in [1.54, 1.807) is 13.0 Å². The maximum atomic E-state index is 13.4. The van der Waals surface area contributed by atoms with E-state index >= 15 is 0 Å². The summed E-state index contributed by atoms with van der Waals surface area (Å²) < 4.78 is 48.7. The number of rotatable bonds is 5. The molecular weight excluding hydrogens is 493 g/mol. The zero-order valence-electron chi connectivity index (χ0n) is 21.3. The molecule has 0 saturated carbocycles. The highest BCUT2D eigenvalue weighted by molar-refractivity contribution is 7.92. The fourth-order valence-electron chi connectivity index (χ4n) is 4.00. The van der Waals surface area contributed by atoms with Crippen molar-refractivity contribution in [2.75, 3.05) is 4.72 Å². The van der Waals surface area contributed by atoms with Gasteiger partial charge in [0.1, 0.15) is 5.82 Å². The minimum absolute atomic E-state index is 0.0699. The molecule has 9 heteroatoms. The number of sulfonamides is 1. The quantitative estimate of drug-likeness (QED) is 0.271. The van der Waals surface area contributed by atoms with Crippen molar-refractivity contribution in [3.63, 3.8) is 0 Å². The molecule has 0 amide bonds. The van der Waals surface area contributed by atoms with Crippen LogP contribution in [0.5, 0.6) is 0 Å². The van der Waals surface area contributed by atoms with Crippen molar-refractivity contribution in [3.05, 3.63) is 87.8 Å². The number of aryl methyl sites for hydroxylation is 1. The number of aromatic nitrogens is 2. The van der Waals surface area contributed by atoms with Crippen LogP contribution in [0.4, 0.5) is 10.2 Å². The zero-order valence-corrected chi connectivity index (χ0v) is 22.1. The molecule has 4 aromatic rings. The van der Waals surface area contributed by atoms with Gasteiger partial charge in [0.25, 0.3) is 10.0 Å². The third-order valence-electron chi connectivity index (χ3n) is 5.79. The number of pyridine rings is 1. The lowest BCUT2D eigenvalue weighted by atomic mass is 9.92. The molecule has 37 heavy (non-hydrogen) atoms. The van der Waals surface area contributed by atoms with E-state index in [2.05, 4.69) is 42.3 Å². The van der Waals surface area contributed by atoms with Crippen LogP contribution < -0.4 is 10.5 Å². The molecule has 192 valence electrons. The van der Waals surface area contributed by atoms with Crippen molar-refractivity contribution in [1.29, 1.82) is 0 Å². The van der Waals surface area contributed by atoms with Gasteiger partial charge < -0.3 is 4.42 Å². The number of hydrogen-bond acceptors (Lipinski definition) is 5. The van der Waals surface area contributed by atoms with Crippen LogP contribution in [0.1, 0.15) is 56.8 Å². The van der Waals surface area contributed by atoms with E-state index in [1.807, 2.05) is 31.2 Å². The van der Waals surface area contributed by atoms with E-state index in [9.17, 15) is 17.6 Å². The Morgan fingerprint density at radius 1 is 1.14 bits per heavy atom. The van der Waals surface area contributed by atoms with Crippen molar-refractivity contribution in [1.82, 2.24) is 9.55 Å². The SMILES string of the molecule is Cc1cc2c(cc1S(=O)(=O)Nc1cccc(F)n1)oc(=O)n2C(C)c1ccccc1C#CCC(C)(C)C. The molecule has 1 atom stereocenters. The Labute approximate surface area is 215 Å². The van der Waals surface area contributed by atoms with Crippen LogP contribution in [-0.2, 0) is 10.0 Å². The summed E-state index contributed by atoms with van der Waals surface area (Å²) in [7, 11) is -4.13. The Morgan fingerprint density at radius 2 is 1.86 bits per heavy atom. The lowest BCUT2D eigenvalue weighted by molar-refractivity contribution is 0.428. The maximum absolute atomic E-state index is 13.4. The topological polar surface area (TPSA) is 94.2 Å². The first kappa shape index (κ1) is 26.2. The molecule has 1 N–H and O–H groups in total. The minimum atomic E-state index is -4.13. The highest BCUT2D eigenvalue weighted by Crippen LogP contribution is 2.29. The maximum Gasteiger partial charge on any atom is 0.420 e. The standard InChI is InChI=1S/C28H28FN3O4S/c1-18-16-22-23(17-24(18)37(34,35)31-26-14-8-13-25(29)30-26)36-27(33)32(22)19(2)21-12-7-6-10-20(21)11-9-15-28(3,4)5/h6-8,10,12-14,16-17,19H,15H2,1-5H3,(H,30,31). The normalized spacial score (nSPS) is 12.7. The van der Waals surface area contributed by atoms with Crippen LogP contribution >= 0.6 is 0 Å². The molecule has 0 aliphatic carbocycles. The largest absolute Gasteiger partial charge is 0.420 e. The van der Waals surface area contributed by atoms with Gasteiger partial charge in [-0.1, -0.05) is 56.9 Å². The van der Waals surface area contributed by atoms with Gasteiger partial charge in [0, 0.05) is 18.1 Å². The first-order valence-corrected chi connectivity index (χ1v) is 13.2. The molecule has 2 aromatic carbocycles. The fourth-order valence-corrected chi connectivity index (χ4v) is 5.24. The van der Waals surface area contributed by atoms with Crippen LogP contribution in [0.2, 0.25) is 0 Å². The Morgan fingerprint density at radius 3 is 2.57 bits per heavy atom. The van der Waals surface area contributed by atoms with Gasteiger partial charge >= 0.3 is 5.76 Å². The van der Waals surface area contributed by atoms with Gasteiger partial charge in [-0.25, -0.2) is 18.2 Å². The third-order valence-corrected chi connectivity index (χ3v) is 7.29. The molecule has 2 aromatic heterocycles. The van der Waals surface area contributed by atoms with Crippen molar-refractivity contribution in [3.8, 4) is 11.8 Å². The number of nitrogens with one attached hydrogen (secondary N) is 1. The summed E-state index contributed by atoms with van der Waals surface area (Å²) in [6.07, 6.45) is 0.722. The molecule has 0 spiro atoms. The summed E-state index contributed by atoms with van der Waals surface area (Å²) in [5.41, 5.74) is 2.68. The van der Waals surface area contributed by atoms with Crippen molar-refractivity contribution < 1.29 is 17.2 Å². The molecule has 2 heterocycles. The van der Waals surface area contributed by atoms with Gasteiger partial charge in [0.05, 0.1) is 16.5 Å².